The zero-order valence-electron chi connectivity index (χ0n) is 10.4. The number of aromatic nitrogens is 1. The fraction of sp³-hybridized carbons (Fsp3) is 0.636. The summed E-state index contributed by atoms with van der Waals surface area (Å²) in [6.07, 6.45) is 2.48. The number of nitrogens with one attached hydrogen (secondary N) is 1. The molecular weight excluding hydrogens is 204 g/mol. The van der Waals surface area contributed by atoms with Crippen molar-refractivity contribution in [2.75, 3.05) is 0 Å². The second kappa shape index (κ2) is 5.01. The summed E-state index contributed by atoms with van der Waals surface area (Å²) in [5.41, 5.74) is 5.64. The van der Waals surface area contributed by atoms with Crippen molar-refractivity contribution in [1.29, 1.82) is 0 Å². The summed E-state index contributed by atoms with van der Waals surface area (Å²) in [5.74, 6) is 1.88. The van der Waals surface area contributed by atoms with Crippen LogP contribution in [0, 0.1) is 0 Å². The van der Waals surface area contributed by atoms with Gasteiger partial charge in [-0.05, 0) is 20.8 Å². The predicted molar refractivity (Wildman–Crippen MR) is 64.1 cm³/mol. The number of hydrogen-bond donors (Lipinski definition) is 2. The van der Waals surface area contributed by atoms with Crippen molar-refractivity contribution in [1.82, 2.24) is 10.3 Å². The Bertz CT molecular complexity index is 362. The summed E-state index contributed by atoms with van der Waals surface area (Å²) < 4.78 is 5.41. The molecule has 5 nitrogen and oxygen atoms in total. The smallest absolute Gasteiger partial charge is 0.194 e. The second-order valence-corrected chi connectivity index (χ2v) is 4.65. The van der Waals surface area contributed by atoms with Gasteiger partial charge in [-0.1, -0.05) is 6.92 Å². The Labute approximate surface area is 96.1 Å². The third-order valence-electron chi connectivity index (χ3n) is 1.81. The van der Waals surface area contributed by atoms with Crippen LogP contribution in [0.2, 0.25) is 0 Å². The number of rotatable bonds is 3. The summed E-state index contributed by atoms with van der Waals surface area (Å²) in [6, 6.07) is 0. The summed E-state index contributed by atoms with van der Waals surface area (Å²) >= 11 is 0. The largest absolute Gasteiger partial charge is 0.444 e. The molecule has 0 spiro atoms. The van der Waals surface area contributed by atoms with Gasteiger partial charge in [0, 0.05) is 12.0 Å². The van der Waals surface area contributed by atoms with Crippen LogP contribution in [0.3, 0.4) is 0 Å². The fourth-order valence-electron chi connectivity index (χ4n) is 1.17. The number of hydrogen-bond acceptors (Lipinski definition) is 3. The van der Waals surface area contributed by atoms with E-state index in [0.29, 0.717) is 12.5 Å². The summed E-state index contributed by atoms with van der Waals surface area (Å²) in [7, 11) is 0. The molecule has 5 heteroatoms. The average Bonchev–Trinajstić information content (AvgIpc) is 2.59. The van der Waals surface area contributed by atoms with Gasteiger partial charge < -0.3 is 15.5 Å². The minimum atomic E-state index is -0.0798. The Hall–Kier alpha value is -1.52. The molecule has 3 N–H and O–H groups in total. The second-order valence-electron chi connectivity index (χ2n) is 4.65. The molecule has 0 saturated heterocycles. The molecule has 1 rings (SSSR count). The monoisotopic (exact) mass is 224 g/mol. The van der Waals surface area contributed by atoms with Gasteiger partial charge in [-0.3, -0.25) is 0 Å². The summed E-state index contributed by atoms with van der Waals surface area (Å²) in [4.78, 5) is 8.27. The van der Waals surface area contributed by atoms with E-state index in [9.17, 15) is 0 Å². The van der Waals surface area contributed by atoms with Crippen molar-refractivity contribution in [3.05, 3.63) is 17.8 Å². The van der Waals surface area contributed by atoms with Crippen LogP contribution < -0.4 is 11.1 Å². The molecule has 16 heavy (non-hydrogen) atoms. The minimum absolute atomic E-state index is 0.0798. The van der Waals surface area contributed by atoms with Crippen LogP contribution in [0.25, 0.3) is 0 Å². The van der Waals surface area contributed by atoms with Gasteiger partial charge in [0.2, 0.25) is 0 Å². The molecule has 0 amide bonds. The highest BCUT2D eigenvalue weighted by molar-refractivity contribution is 5.78. The van der Waals surface area contributed by atoms with E-state index in [1.165, 1.54) is 0 Å². The van der Waals surface area contributed by atoms with Gasteiger partial charge in [0.05, 0.1) is 6.20 Å². The number of oxazole rings is 1. The molecule has 0 unspecified atom stereocenters. The molecule has 0 aliphatic carbocycles. The van der Waals surface area contributed by atoms with E-state index in [4.69, 9.17) is 10.2 Å². The molecule has 0 saturated carbocycles. The highest BCUT2D eigenvalue weighted by Crippen LogP contribution is 2.05. The van der Waals surface area contributed by atoms with Crippen LogP contribution in [0.1, 0.15) is 39.3 Å². The summed E-state index contributed by atoms with van der Waals surface area (Å²) in [5, 5.41) is 3.08. The van der Waals surface area contributed by atoms with Gasteiger partial charge in [0.25, 0.3) is 0 Å². The molecule has 0 aliphatic heterocycles. The lowest BCUT2D eigenvalue weighted by molar-refractivity contribution is 0.460. The first-order chi connectivity index (χ1) is 7.40. The number of aliphatic imine (C=N–C) groups is 1. The molecule has 0 fully saturated rings. The van der Waals surface area contributed by atoms with Gasteiger partial charge in [-0.15, -0.1) is 0 Å². The number of nitrogens with zero attached hydrogens (tertiary/aromatic N) is 2. The van der Waals surface area contributed by atoms with Crippen LogP contribution in [0.4, 0.5) is 0 Å². The van der Waals surface area contributed by atoms with Crippen LogP contribution in [0.15, 0.2) is 15.6 Å². The molecule has 0 bridgehead atoms. The van der Waals surface area contributed by atoms with Crippen LogP contribution in [-0.2, 0) is 13.0 Å². The molecule has 0 atom stereocenters. The van der Waals surface area contributed by atoms with Gasteiger partial charge in [0.1, 0.15) is 12.3 Å². The van der Waals surface area contributed by atoms with Crippen LogP contribution in [-0.4, -0.2) is 16.5 Å². The lowest BCUT2D eigenvalue weighted by Crippen LogP contribution is -2.44. The summed E-state index contributed by atoms with van der Waals surface area (Å²) in [6.45, 7) is 8.49. The zero-order valence-corrected chi connectivity index (χ0v) is 10.4. The van der Waals surface area contributed by atoms with E-state index in [2.05, 4.69) is 15.3 Å². The maximum Gasteiger partial charge on any atom is 0.194 e. The number of nitrogens with two attached hydrogens (primary N) is 1. The quantitative estimate of drug-likeness (QED) is 0.601. The average molecular weight is 224 g/mol. The fourth-order valence-corrected chi connectivity index (χ4v) is 1.17. The molecule has 1 heterocycles. The van der Waals surface area contributed by atoms with Gasteiger partial charge in [0.15, 0.2) is 11.9 Å². The Morgan fingerprint density at radius 1 is 1.56 bits per heavy atom. The molecular formula is C11H20N4O. The molecule has 0 aliphatic rings. The van der Waals surface area contributed by atoms with Crippen molar-refractivity contribution in [3.63, 3.8) is 0 Å². The number of guanidine groups is 1. The Morgan fingerprint density at radius 3 is 2.75 bits per heavy atom. The van der Waals surface area contributed by atoms with E-state index in [1.54, 1.807) is 6.20 Å². The maximum absolute atomic E-state index is 5.72. The Kier molecular flexibility index (Phi) is 3.93. The molecule has 0 radical (unpaired) electrons. The van der Waals surface area contributed by atoms with Crippen LogP contribution >= 0.6 is 0 Å². The highest BCUT2D eigenvalue weighted by atomic mass is 16.4. The standard InChI is InChI=1S/C11H20N4O/c1-5-9-13-6-8(16-9)7-14-10(12)15-11(2,3)4/h6H,5,7H2,1-4H3,(H3,12,14,15). The molecule has 0 aromatic carbocycles. The first kappa shape index (κ1) is 12.5. The van der Waals surface area contributed by atoms with Crippen molar-refractivity contribution < 1.29 is 4.42 Å². The Morgan fingerprint density at radius 2 is 2.25 bits per heavy atom. The maximum atomic E-state index is 5.72. The van der Waals surface area contributed by atoms with E-state index in [0.717, 1.165) is 18.1 Å². The van der Waals surface area contributed by atoms with Crippen molar-refractivity contribution in [2.24, 2.45) is 10.7 Å². The van der Waals surface area contributed by atoms with E-state index in [1.807, 2.05) is 27.7 Å². The molecule has 90 valence electrons. The van der Waals surface area contributed by atoms with Crippen molar-refractivity contribution in [3.8, 4) is 0 Å². The SMILES string of the molecule is CCc1ncc(CN=C(N)NC(C)(C)C)o1. The minimum Gasteiger partial charge on any atom is -0.444 e. The first-order valence-electron chi connectivity index (χ1n) is 5.42. The van der Waals surface area contributed by atoms with Crippen molar-refractivity contribution >= 4 is 5.96 Å². The van der Waals surface area contributed by atoms with Crippen LogP contribution in [0.5, 0.6) is 0 Å². The normalized spacial score (nSPS) is 12.9. The lowest BCUT2D eigenvalue weighted by Gasteiger charge is -2.20. The highest BCUT2D eigenvalue weighted by Gasteiger charge is 2.09. The number of aryl methyl sites for hydroxylation is 1. The third-order valence-corrected chi connectivity index (χ3v) is 1.81. The van der Waals surface area contributed by atoms with Gasteiger partial charge in [-0.25, -0.2) is 9.98 Å². The van der Waals surface area contributed by atoms with E-state index in [-0.39, 0.29) is 5.54 Å². The topological polar surface area (TPSA) is 76.4 Å². The Balaban J connectivity index is 2.52. The molecule has 1 aromatic rings. The zero-order chi connectivity index (χ0) is 12.2. The predicted octanol–water partition coefficient (Wildman–Crippen LogP) is 1.44. The van der Waals surface area contributed by atoms with Gasteiger partial charge in [-0.2, -0.15) is 0 Å². The van der Waals surface area contributed by atoms with Gasteiger partial charge >= 0.3 is 0 Å². The first-order valence-corrected chi connectivity index (χ1v) is 5.42. The third kappa shape index (κ3) is 4.33. The van der Waals surface area contributed by atoms with E-state index >= 15 is 0 Å². The van der Waals surface area contributed by atoms with E-state index < -0.39 is 0 Å². The molecule has 1 aromatic heterocycles. The van der Waals surface area contributed by atoms with Crippen molar-refractivity contribution in [2.45, 2.75) is 46.2 Å². The lowest BCUT2D eigenvalue weighted by atomic mass is 10.1.